The second kappa shape index (κ2) is 3.05. The Bertz CT molecular complexity index is 193. The molecule has 68 valence electrons. The normalized spacial score (nSPS) is 30.4. The number of carbonyl (C=O) groups excluding carboxylic acids is 1. The molecule has 0 unspecified atom stereocenters. The van der Waals surface area contributed by atoms with E-state index < -0.39 is 0 Å². The van der Waals surface area contributed by atoms with Gasteiger partial charge >= 0.3 is 0 Å². The molecule has 1 atom stereocenters. The summed E-state index contributed by atoms with van der Waals surface area (Å²) in [6.07, 6.45) is 2.60. The van der Waals surface area contributed by atoms with Gasteiger partial charge in [0.05, 0.1) is 0 Å². The fraction of sp³-hybridized carbons (Fsp3) is 0.889. The molecule has 2 aliphatic rings. The first kappa shape index (κ1) is 8.05. The molecule has 12 heavy (non-hydrogen) atoms. The standard InChI is InChI=1S/C9H16N2O/c1-8(12)11-6-5-10-4-2-3-9(10)7-11/h9H,2-7H2,1H3/t9-/m0/s1. The van der Waals surface area contributed by atoms with Gasteiger partial charge in [-0.3, -0.25) is 9.69 Å². The van der Waals surface area contributed by atoms with Gasteiger partial charge in [-0.15, -0.1) is 0 Å². The molecule has 0 bridgehead atoms. The molecule has 0 aromatic carbocycles. The fourth-order valence-electron chi connectivity index (χ4n) is 2.28. The van der Waals surface area contributed by atoms with E-state index in [1.807, 2.05) is 4.90 Å². The molecule has 2 fully saturated rings. The summed E-state index contributed by atoms with van der Waals surface area (Å²) in [5, 5.41) is 0. The molecule has 2 aliphatic heterocycles. The molecule has 3 heteroatoms. The van der Waals surface area contributed by atoms with Crippen LogP contribution >= 0.6 is 0 Å². The highest BCUT2D eigenvalue weighted by Gasteiger charge is 2.31. The van der Waals surface area contributed by atoms with E-state index >= 15 is 0 Å². The number of piperazine rings is 1. The smallest absolute Gasteiger partial charge is 0.219 e. The Hall–Kier alpha value is -0.570. The minimum absolute atomic E-state index is 0.238. The van der Waals surface area contributed by atoms with Crippen LogP contribution in [0.3, 0.4) is 0 Å². The second-order valence-electron chi connectivity index (χ2n) is 3.80. The number of fused-ring (bicyclic) bond motifs is 1. The van der Waals surface area contributed by atoms with Crippen LogP contribution in [0.15, 0.2) is 0 Å². The first-order valence-electron chi connectivity index (χ1n) is 4.77. The van der Waals surface area contributed by atoms with Crippen LogP contribution < -0.4 is 0 Å². The lowest BCUT2D eigenvalue weighted by Gasteiger charge is -2.36. The third kappa shape index (κ3) is 1.33. The summed E-state index contributed by atoms with van der Waals surface area (Å²) in [6.45, 7) is 5.91. The Morgan fingerprint density at radius 1 is 1.33 bits per heavy atom. The van der Waals surface area contributed by atoms with Crippen LogP contribution in [0.25, 0.3) is 0 Å². The molecule has 0 aliphatic carbocycles. The topological polar surface area (TPSA) is 23.6 Å². The van der Waals surface area contributed by atoms with Crippen molar-refractivity contribution in [3.8, 4) is 0 Å². The van der Waals surface area contributed by atoms with E-state index in [0.717, 1.165) is 19.6 Å². The molecular weight excluding hydrogens is 152 g/mol. The van der Waals surface area contributed by atoms with E-state index in [9.17, 15) is 4.79 Å². The number of hydrogen-bond acceptors (Lipinski definition) is 2. The molecule has 0 radical (unpaired) electrons. The minimum Gasteiger partial charge on any atom is -0.340 e. The number of carbonyl (C=O) groups is 1. The number of amides is 1. The van der Waals surface area contributed by atoms with Crippen LogP contribution in [0.1, 0.15) is 19.8 Å². The SMILES string of the molecule is CC(=O)N1CCN2CCC[C@H]2C1. The summed E-state index contributed by atoms with van der Waals surface area (Å²) >= 11 is 0. The molecule has 0 aromatic rings. The second-order valence-corrected chi connectivity index (χ2v) is 3.80. The van der Waals surface area contributed by atoms with Crippen LogP contribution in [0.4, 0.5) is 0 Å². The highest BCUT2D eigenvalue weighted by molar-refractivity contribution is 5.73. The molecule has 1 amide bonds. The lowest BCUT2D eigenvalue weighted by Crippen LogP contribution is -2.51. The minimum atomic E-state index is 0.238. The van der Waals surface area contributed by atoms with E-state index in [4.69, 9.17) is 0 Å². The van der Waals surface area contributed by atoms with E-state index in [1.54, 1.807) is 6.92 Å². The molecule has 0 spiro atoms. The van der Waals surface area contributed by atoms with Crippen molar-refractivity contribution in [3.63, 3.8) is 0 Å². The molecule has 2 saturated heterocycles. The van der Waals surface area contributed by atoms with Crippen molar-refractivity contribution < 1.29 is 4.79 Å². The van der Waals surface area contributed by atoms with Gasteiger partial charge in [-0.05, 0) is 19.4 Å². The highest BCUT2D eigenvalue weighted by Crippen LogP contribution is 2.21. The summed E-state index contributed by atoms with van der Waals surface area (Å²) in [5.41, 5.74) is 0. The zero-order valence-corrected chi connectivity index (χ0v) is 7.62. The molecule has 2 rings (SSSR count). The van der Waals surface area contributed by atoms with Crippen LogP contribution in [-0.2, 0) is 4.79 Å². The first-order valence-corrected chi connectivity index (χ1v) is 4.77. The lowest BCUT2D eigenvalue weighted by atomic mass is 10.1. The maximum Gasteiger partial charge on any atom is 0.219 e. The van der Waals surface area contributed by atoms with Gasteiger partial charge in [0.15, 0.2) is 0 Å². The van der Waals surface area contributed by atoms with Crippen LogP contribution in [0, 0.1) is 0 Å². The lowest BCUT2D eigenvalue weighted by molar-refractivity contribution is -0.131. The fourth-order valence-corrected chi connectivity index (χ4v) is 2.28. The van der Waals surface area contributed by atoms with Gasteiger partial charge in [0, 0.05) is 32.6 Å². The maximum atomic E-state index is 11.1. The summed E-state index contributed by atoms with van der Waals surface area (Å²) in [5.74, 6) is 0.238. The highest BCUT2D eigenvalue weighted by atomic mass is 16.2. The van der Waals surface area contributed by atoms with Crippen molar-refractivity contribution in [2.45, 2.75) is 25.8 Å². The molecule has 3 nitrogen and oxygen atoms in total. The Morgan fingerprint density at radius 2 is 2.17 bits per heavy atom. The van der Waals surface area contributed by atoms with Crippen LogP contribution in [0.5, 0.6) is 0 Å². The average Bonchev–Trinajstić information content (AvgIpc) is 2.49. The predicted molar refractivity (Wildman–Crippen MR) is 46.8 cm³/mol. The third-order valence-corrected chi connectivity index (χ3v) is 3.03. The summed E-state index contributed by atoms with van der Waals surface area (Å²) in [4.78, 5) is 15.6. The van der Waals surface area contributed by atoms with Gasteiger partial charge in [0.25, 0.3) is 0 Å². The van der Waals surface area contributed by atoms with E-state index in [2.05, 4.69) is 4.90 Å². The van der Waals surface area contributed by atoms with Crippen molar-refractivity contribution in [3.05, 3.63) is 0 Å². The van der Waals surface area contributed by atoms with Gasteiger partial charge in [-0.2, -0.15) is 0 Å². The molecular formula is C9H16N2O. The average molecular weight is 168 g/mol. The monoisotopic (exact) mass is 168 g/mol. The van der Waals surface area contributed by atoms with Gasteiger partial charge in [0.1, 0.15) is 0 Å². The summed E-state index contributed by atoms with van der Waals surface area (Å²) < 4.78 is 0. The molecule has 0 N–H and O–H groups in total. The first-order chi connectivity index (χ1) is 5.77. The van der Waals surface area contributed by atoms with Crippen LogP contribution in [0.2, 0.25) is 0 Å². The quantitative estimate of drug-likeness (QED) is 0.520. The number of hydrogen-bond donors (Lipinski definition) is 0. The van der Waals surface area contributed by atoms with Gasteiger partial charge < -0.3 is 4.90 Å². The zero-order chi connectivity index (χ0) is 8.55. The van der Waals surface area contributed by atoms with E-state index in [1.165, 1.54) is 19.4 Å². The van der Waals surface area contributed by atoms with Crippen molar-refractivity contribution >= 4 is 5.91 Å². The Balaban J connectivity index is 1.96. The summed E-state index contributed by atoms with van der Waals surface area (Å²) in [7, 11) is 0. The predicted octanol–water partition coefficient (Wildman–Crippen LogP) is 0.313. The molecule has 0 saturated carbocycles. The maximum absolute atomic E-state index is 11.1. The van der Waals surface area contributed by atoms with Crippen LogP contribution in [-0.4, -0.2) is 47.9 Å². The van der Waals surface area contributed by atoms with Crippen molar-refractivity contribution in [2.24, 2.45) is 0 Å². The largest absolute Gasteiger partial charge is 0.340 e. The summed E-state index contributed by atoms with van der Waals surface area (Å²) in [6, 6.07) is 0.669. The van der Waals surface area contributed by atoms with E-state index in [0.29, 0.717) is 6.04 Å². The van der Waals surface area contributed by atoms with Gasteiger partial charge in [-0.1, -0.05) is 0 Å². The molecule has 0 aromatic heterocycles. The van der Waals surface area contributed by atoms with E-state index in [-0.39, 0.29) is 5.91 Å². The van der Waals surface area contributed by atoms with Crippen molar-refractivity contribution in [2.75, 3.05) is 26.2 Å². The number of rotatable bonds is 0. The van der Waals surface area contributed by atoms with Crippen molar-refractivity contribution in [1.29, 1.82) is 0 Å². The molecule has 2 heterocycles. The Morgan fingerprint density at radius 3 is 2.92 bits per heavy atom. The Kier molecular flexibility index (Phi) is 2.05. The Labute approximate surface area is 73.3 Å². The van der Waals surface area contributed by atoms with Crippen molar-refractivity contribution in [1.82, 2.24) is 9.80 Å². The van der Waals surface area contributed by atoms with Gasteiger partial charge in [-0.25, -0.2) is 0 Å². The zero-order valence-electron chi connectivity index (χ0n) is 7.62. The number of nitrogens with zero attached hydrogens (tertiary/aromatic N) is 2. The third-order valence-electron chi connectivity index (χ3n) is 3.03. The van der Waals surface area contributed by atoms with Gasteiger partial charge in [0.2, 0.25) is 5.91 Å².